The van der Waals surface area contributed by atoms with Gasteiger partial charge in [0.2, 0.25) is 17.2 Å². The molecule has 11 heteroatoms. The lowest BCUT2D eigenvalue weighted by Gasteiger charge is -2.11. The minimum atomic E-state index is -0.737. The predicted molar refractivity (Wildman–Crippen MR) is 160 cm³/mol. The molecule has 0 aliphatic heterocycles. The number of rotatable bonds is 7. The highest BCUT2D eigenvalue weighted by Gasteiger charge is 2.10. The summed E-state index contributed by atoms with van der Waals surface area (Å²) >= 11 is 6.15. The minimum absolute atomic E-state index is 0.00877. The van der Waals surface area contributed by atoms with Gasteiger partial charge in [-0.15, -0.1) is 5.11 Å². The molecule has 10 nitrogen and oxygen atoms in total. The first kappa shape index (κ1) is 26.5. The summed E-state index contributed by atoms with van der Waals surface area (Å²) in [5.41, 5.74) is 11.6. The van der Waals surface area contributed by atoms with Gasteiger partial charge in [-0.05, 0) is 102 Å². The van der Waals surface area contributed by atoms with Gasteiger partial charge in [-0.2, -0.15) is 20.1 Å². The molecule has 0 bridgehead atoms. The van der Waals surface area contributed by atoms with Crippen LogP contribution in [0.15, 0.2) is 83.0 Å². The largest absolute Gasteiger partial charge is 0.351 e. The summed E-state index contributed by atoms with van der Waals surface area (Å²) in [5, 5.41) is 19.9. The monoisotopic (exact) mass is 551 g/mol. The first-order chi connectivity index (χ1) is 19.2. The van der Waals surface area contributed by atoms with Crippen molar-refractivity contribution >= 4 is 68.7 Å². The topological polar surface area (TPSA) is 143 Å². The molecule has 5 aromatic rings. The molecule has 1 heterocycles. The zero-order valence-electron chi connectivity index (χ0n) is 22.0. The SMILES string of the molecule is Cc1cccc(Nc2nc(Cl)nc(Nc3ccc(N=Nc4cc(C)c5cccc(C)c5c4)c(NC(N)=O)c3)n2)c1. The number of carbonyl (C=O) groups is 1. The van der Waals surface area contributed by atoms with Crippen LogP contribution in [0, 0.1) is 20.8 Å². The number of nitrogens with one attached hydrogen (secondary N) is 3. The summed E-state index contributed by atoms with van der Waals surface area (Å²) < 4.78 is 0. The summed E-state index contributed by atoms with van der Waals surface area (Å²) in [7, 11) is 0. The molecule has 0 radical (unpaired) electrons. The van der Waals surface area contributed by atoms with E-state index in [1.54, 1.807) is 18.2 Å². The van der Waals surface area contributed by atoms with E-state index in [2.05, 4.69) is 60.2 Å². The highest BCUT2D eigenvalue weighted by Crippen LogP contribution is 2.33. The molecular weight excluding hydrogens is 526 g/mol. The van der Waals surface area contributed by atoms with Crippen molar-refractivity contribution in [2.24, 2.45) is 16.0 Å². The van der Waals surface area contributed by atoms with Crippen molar-refractivity contribution < 1.29 is 4.79 Å². The Morgan fingerprint density at radius 2 is 1.50 bits per heavy atom. The number of carbonyl (C=O) groups excluding carboxylic acids is 1. The zero-order chi connectivity index (χ0) is 28.2. The molecule has 0 saturated carbocycles. The fourth-order valence-corrected chi connectivity index (χ4v) is 4.41. The van der Waals surface area contributed by atoms with Gasteiger partial charge in [0.15, 0.2) is 0 Å². The second-order valence-electron chi connectivity index (χ2n) is 9.23. The Morgan fingerprint density at radius 3 is 2.23 bits per heavy atom. The number of azo groups is 1. The van der Waals surface area contributed by atoms with Gasteiger partial charge < -0.3 is 21.7 Å². The molecule has 0 atom stereocenters. The Hall–Kier alpha value is -5.09. The van der Waals surface area contributed by atoms with Crippen molar-refractivity contribution in [2.75, 3.05) is 16.0 Å². The molecular formula is C29H26ClN9O. The third-order valence-corrected chi connectivity index (χ3v) is 6.24. The molecule has 0 fully saturated rings. The van der Waals surface area contributed by atoms with Crippen LogP contribution in [0.1, 0.15) is 16.7 Å². The molecule has 0 spiro atoms. The van der Waals surface area contributed by atoms with E-state index in [0.29, 0.717) is 22.7 Å². The smallest absolute Gasteiger partial charge is 0.316 e. The van der Waals surface area contributed by atoms with E-state index in [0.717, 1.165) is 27.8 Å². The van der Waals surface area contributed by atoms with E-state index in [-0.39, 0.29) is 17.2 Å². The van der Waals surface area contributed by atoms with E-state index < -0.39 is 6.03 Å². The fraction of sp³-hybridized carbons (Fsp3) is 0.103. The number of fused-ring (bicyclic) bond motifs is 1. The number of primary amides is 1. The zero-order valence-corrected chi connectivity index (χ0v) is 22.8. The maximum atomic E-state index is 11.7. The van der Waals surface area contributed by atoms with E-state index in [4.69, 9.17) is 17.3 Å². The lowest BCUT2D eigenvalue weighted by atomic mass is 10.0. The van der Waals surface area contributed by atoms with Crippen LogP contribution in [0.4, 0.5) is 45.1 Å². The highest BCUT2D eigenvalue weighted by atomic mass is 35.5. The molecule has 4 aromatic carbocycles. The van der Waals surface area contributed by atoms with Crippen LogP contribution in [-0.2, 0) is 0 Å². The van der Waals surface area contributed by atoms with Gasteiger partial charge in [0, 0.05) is 11.4 Å². The van der Waals surface area contributed by atoms with Gasteiger partial charge in [-0.1, -0.05) is 30.3 Å². The molecule has 0 saturated heterocycles. The van der Waals surface area contributed by atoms with Crippen LogP contribution in [0.5, 0.6) is 0 Å². The van der Waals surface area contributed by atoms with Crippen LogP contribution in [0.2, 0.25) is 5.28 Å². The summed E-state index contributed by atoms with van der Waals surface area (Å²) in [6.07, 6.45) is 0. The summed E-state index contributed by atoms with van der Waals surface area (Å²) in [5.74, 6) is 0.478. The summed E-state index contributed by atoms with van der Waals surface area (Å²) in [6, 6.07) is 22.3. The average Bonchev–Trinajstić information content (AvgIpc) is 2.88. The van der Waals surface area contributed by atoms with Crippen molar-refractivity contribution in [3.63, 3.8) is 0 Å². The van der Waals surface area contributed by atoms with Crippen LogP contribution in [0.25, 0.3) is 10.8 Å². The minimum Gasteiger partial charge on any atom is -0.351 e. The van der Waals surface area contributed by atoms with Crippen LogP contribution >= 0.6 is 11.6 Å². The molecule has 1 aromatic heterocycles. The molecule has 0 unspecified atom stereocenters. The average molecular weight is 552 g/mol. The van der Waals surface area contributed by atoms with Gasteiger partial charge in [0.05, 0.1) is 11.4 Å². The Morgan fingerprint density at radius 1 is 0.775 bits per heavy atom. The van der Waals surface area contributed by atoms with E-state index in [9.17, 15) is 4.79 Å². The predicted octanol–water partition coefficient (Wildman–Crippen LogP) is 8.00. The number of nitrogens with two attached hydrogens (primary N) is 1. The Kier molecular flexibility index (Phi) is 7.52. The molecule has 5 N–H and O–H groups in total. The number of benzene rings is 4. The molecule has 5 rings (SSSR count). The fourth-order valence-electron chi connectivity index (χ4n) is 4.25. The summed E-state index contributed by atoms with van der Waals surface area (Å²) in [6.45, 7) is 6.09. The highest BCUT2D eigenvalue weighted by molar-refractivity contribution is 6.28. The maximum Gasteiger partial charge on any atom is 0.316 e. The Balaban J connectivity index is 1.41. The lowest BCUT2D eigenvalue weighted by molar-refractivity contribution is 0.259. The quantitative estimate of drug-likeness (QED) is 0.151. The Bertz CT molecular complexity index is 1770. The molecule has 40 heavy (non-hydrogen) atoms. The number of hydrogen-bond acceptors (Lipinski definition) is 8. The summed E-state index contributed by atoms with van der Waals surface area (Å²) in [4.78, 5) is 24.4. The van der Waals surface area contributed by atoms with E-state index in [1.165, 1.54) is 5.39 Å². The van der Waals surface area contributed by atoms with Gasteiger partial charge in [0.1, 0.15) is 5.69 Å². The third kappa shape index (κ3) is 6.30. The van der Waals surface area contributed by atoms with Gasteiger partial charge in [0.25, 0.3) is 0 Å². The molecule has 2 amide bonds. The standard InChI is InChI=1S/C29H26ClN9O/c1-16-6-4-8-19(12-16)32-28-35-26(30)36-29(37-28)33-20-10-11-24(25(15-20)34-27(31)40)39-38-21-13-18(3)22-9-5-7-17(2)23(22)14-21/h4-15H,1-3H3,(H3,31,34,40)(H2,32,33,35,36,37). The lowest BCUT2D eigenvalue weighted by Crippen LogP contribution is -2.19. The van der Waals surface area contributed by atoms with Crippen LogP contribution in [-0.4, -0.2) is 21.0 Å². The van der Waals surface area contributed by atoms with Crippen molar-refractivity contribution in [2.45, 2.75) is 20.8 Å². The van der Waals surface area contributed by atoms with Crippen molar-refractivity contribution in [1.29, 1.82) is 0 Å². The van der Waals surface area contributed by atoms with E-state index in [1.807, 2.05) is 56.3 Å². The van der Waals surface area contributed by atoms with Crippen molar-refractivity contribution in [1.82, 2.24) is 15.0 Å². The van der Waals surface area contributed by atoms with Gasteiger partial charge in [-0.3, -0.25) is 0 Å². The van der Waals surface area contributed by atoms with Gasteiger partial charge in [-0.25, -0.2) is 4.79 Å². The van der Waals surface area contributed by atoms with Crippen molar-refractivity contribution in [3.8, 4) is 0 Å². The number of aromatic nitrogens is 3. The first-order valence-electron chi connectivity index (χ1n) is 12.4. The molecule has 0 aliphatic carbocycles. The van der Waals surface area contributed by atoms with Crippen LogP contribution in [0.3, 0.4) is 0 Å². The normalized spacial score (nSPS) is 11.1. The number of anilines is 5. The number of amides is 2. The first-order valence-corrected chi connectivity index (χ1v) is 12.8. The number of hydrogen-bond donors (Lipinski definition) is 4. The van der Waals surface area contributed by atoms with Crippen LogP contribution < -0.4 is 21.7 Å². The number of aryl methyl sites for hydroxylation is 3. The second kappa shape index (κ2) is 11.3. The maximum absolute atomic E-state index is 11.7. The second-order valence-corrected chi connectivity index (χ2v) is 9.56. The van der Waals surface area contributed by atoms with E-state index >= 15 is 0 Å². The Labute approximate surface area is 235 Å². The van der Waals surface area contributed by atoms with Gasteiger partial charge >= 0.3 is 6.03 Å². The number of urea groups is 1. The molecule has 200 valence electrons. The van der Waals surface area contributed by atoms with Crippen molar-refractivity contribution in [3.05, 3.63) is 94.8 Å². The molecule has 0 aliphatic rings. The number of halogens is 1. The number of nitrogens with zero attached hydrogens (tertiary/aromatic N) is 5. The third-order valence-electron chi connectivity index (χ3n) is 6.07.